The van der Waals surface area contributed by atoms with Crippen molar-refractivity contribution in [3.63, 3.8) is 0 Å². The maximum absolute atomic E-state index is 10.9. The van der Waals surface area contributed by atoms with E-state index in [9.17, 15) is 9.59 Å². The topological polar surface area (TPSA) is 96.4 Å². The minimum atomic E-state index is -1.11. The first kappa shape index (κ1) is 8.19. The molecule has 0 aliphatic carbocycles. The fraction of sp³-hybridized carbons (Fsp3) is 0.750. The van der Waals surface area contributed by atoms with Gasteiger partial charge < -0.3 is 19.7 Å². The van der Waals surface area contributed by atoms with Crippen LogP contribution in [-0.4, -0.2) is 46.6 Å². The lowest BCUT2D eigenvalue weighted by Gasteiger charge is -2.17. The number of hydrogen-bond donors (Lipinski definition) is 2. The summed E-state index contributed by atoms with van der Waals surface area (Å²) in [5.41, 5.74) is 0. The lowest BCUT2D eigenvalue weighted by Crippen LogP contribution is -2.41. The minimum Gasteiger partial charge on any atom is -0.481 e. The number of aliphatic carboxylic acids is 2. The largest absolute Gasteiger partial charge is 0.481 e. The molecule has 6 heteroatoms. The molecule has 2 N–H and O–H groups in total. The molecule has 0 radical (unpaired) electrons. The molecule has 6 nitrogen and oxygen atoms in total. The third-order valence-corrected chi connectivity index (χ3v) is 3.19. The summed E-state index contributed by atoms with van der Waals surface area (Å²) < 4.78 is 10.4. The quantitative estimate of drug-likeness (QED) is 0.551. The van der Waals surface area contributed by atoms with E-state index in [1.165, 1.54) is 0 Å². The minimum absolute atomic E-state index is 0.184. The third kappa shape index (κ3) is 0.777. The van der Waals surface area contributed by atoms with Crippen molar-refractivity contribution >= 4 is 11.9 Å². The van der Waals surface area contributed by atoms with E-state index in [-0.39, 0.29) is 12.2 Å². The van der Waals surface area contributed by atoms with Crippen molar-refractivity contribution in [3.05, 3.63) is 0 Å². The lowest BCUT2D eigenvalue weighted by molar-refractivity contribution is -0.153. The molecule has 3 aliphatic heterocycles. The Balaban J connectivity index is 1.95. The van der Waals surface area contributed by atoms with Gasteiger partial charge in [0.05, 0.1) is 0 Å². The van der Waals surface area contributed by atoms with Crippen LogP contribution >= 0.6 is 0 Å². The van der Waals surface area contributed by atoms with Crippen molar-refractivity contribution < 1.29 is 29.3 Å². The Labute approximate surface area is 78.4 Å². The fourth-order valence-electron chi connectivity index (χ4n) is 2.58. The van der Waals surface area contributed by atoms with Gasteiger partial charge in [0.2, 0.25) is 0 Å². The SMILES string of the molecule is O=C(O)[C@H]1[C@H]2O[C@@H]([C@H]3O[C@@H]32)[C@@H]1C(=O)O. The summed E-state index contributed by atoms with van der Waals surface area (Å²) in [6, 6.07) is 0. The van der Waals surface area contributed by atoms with Crippen LogP contribution in [0.15, 0.2) is 0 Å². The van der Waals surface area contributed by atoms with Crippen LogP contribution in [0.1, 0.15) is 0 Å². The van der Waals surface area contributed by atoms with E-state index in [2.05, 4.69) is 0 Å². The summed E-state index contributed by atoms with van der Waals surface area (Å²) >= 11 is 0. The first-order valence-corrected chi connectivity index (χ1v) is 4.38. The number of carbonyl (C=O) groups is 2. The number of fused-ring (bicyclic) bond motifs is 5. The summed E-state index contributed by atoms with van der Waals surface area (Å²) in [5.74, 6) is -4.14. The van der Waals surface area contributed by atoms with Gasteiger partial charge in [0.15, 0.2) is 0 Å². The smallest absolute Gasteiger partial charge is 0.310 e. The Kier molecular flexibility index (Phi) is 1.32. The second-order valence-corrected chi connectivity index (χ2v) is 3.86. The second kappa shape index (κ2) is 2.26. The number of ether oxygens (including phenoxy) is 2. The summed E-state index contributed by atoms with van der Waals surface area (Å²) in [4.78, 5) is 21.7. The Morgan fingerprint density at radius 2 is 1.14 bits per heavy atom. The third-order valence-electron chi connectivity index (χ3n) is 3.19. The van der Waals surface area contributed by atoms with Crippen molar-refractivity contribution in [2.45, 2.75) is 24.4 Å². The van der Waals surface area contributed by atoms with Crippen LogP contribution in [0.2, 0.25) is 0 Å². The van der Waals surface area contributed by atoms with Gasteiger partial charge in [-0.05, 0) is 0 Å². The van der Waals surface area contributed by atoms with Crippen LogP contribution in [0, 0.1) is 11.8 Å². The molecule has 3 saturated heterocycles. The van der Waals surface area contributed by atoms with Gasteiger partial charge in [0.25, 0.3) is 0 Å². The average Bonchev–Trinajstić information content (AvgIpc) is 2.71. The Bertz CT molecular complexity index is 296. The first-order valence-electron chi connectivity index (χ1n) is 4.38. The van der Waals surface area contributed by atoms with Crippen LogP contribution in [-0.2, 0) is 19.1 Å². The van der Waals surface area contributed by atoms with Gasteiger partial charge in [0.1, 0.15) is 36.3 Å². The zero-order valence-electron chi connectivity index (χ0n) is 6.99. The van der Waals surface area contributed by atoms with E-state index in [0.717, 1.165) is 0 Å². The molecule has 0 saturated carbocycles. The molecule has 0 aromatic heterocycles. The second-order valence-electron chi connectivity index (χ2n) is 3.86. The van der Waals surface area contributed by atoms with E-state index < -0.39 is 36.0 Å². The normalized spacial score (nSPS) is 52.9. The van der Waals surface area contributed by atoms with Gasteiger partial charge in [-0.1, -0.05) is 0 Å². The highest BCUT2D eigenvalue weighted by Gasteiger charge is 2.72. The highest BCUT2D eigenvalue weighted by molar-refractivity contribution is 5.82. The number of carboxylic acids is 2. The maximum Gasteiger partial charge on any atom is 0.310 e. The van der Waals surface area contributed by atoms with Crippen LogP contribution in [0.4, 0.5) is 0 Å². The summed E-state index contributed by atoms with van der Waals surface area (Å²) in [6.45, 7) is 0. The molecule has 3 aliphatic rings. The molecule has 0 unspecified atom stereocenters. The maximum atomic E-state index is 10.9. The molecule has 76 valence electrons. The van der Waals surface area contributed by atoms with Crippen LogP contribution in [0.5, 0.6) is 0 Å². The molecule has 0 aromatic rings. The Hall–Kier alpha value is -1.14. The van der Waals surface area contributed by atoms with E-state index in [1.54, 1.807) is 0 Å². The van der Waals surface area contributed by atoms with Crippen LogP contribution in [0.3, 0.4) is 0 Å². The molecule has 6 atom stereocenters. The summed E-state index contributed by atoms with van der Waals surface area (Å²) in [6.07, 6.45) is -1.50. The molecule has 3 rings (SSSR count). The summed E-state index contributed by atoms with van der Waals surface area (Å²) in [7, 11) is 0. The van der Waals surface area contributed by atoms with Crippen molar-refractivity contribution in [2.24, 2.45) is 11.8 Å². The monoisotopic (exact) mass is 200 g/mol. The lowest BCUT2D eigenvalue weighted by atomic mass is 9.79. The molecular formula is C8H8O6. The standard InChI is InChI=1S/C8H8O6/c9-7(10)1-2(8(11)12)4-6-5(14-6)3(1)13-4/h1-6H,(H,9,10)(H,11,12)/t1-,2-,3-,4-,5-,6-/m1/s1. The highest BCUT2D eigenvalue weighted by atomic mass is 16.7. The van der Waals surface area contributed by atoms with E-state index in [0.29, 0.717) is 0 Å². The number of carboxylic acid groups (broad SMARTS) is 2. The van der Waals surface area contributed by atoms with Gasteiger partial charge in [0, 0.05) is 0 Å². The van der Waals surface area contributed by atoms with Crippen molar-refractivity contribution in [1.82, 2.24) is 0 Å². The molecule has 2 bridgehead atoms. The number of hydrogen-bond acceptors (Lipinski definition) is 4. The highest BCUT2D eigenvalue weighted by Crippen LogP contribution is 2.53. The van der Waals surface area contributed by atoms with Gasteiger partial charge in [-0.15, -0.1) is 0 Å². The molecule has 0 aromatic carbocycles. The molecule has 0 spiro atoms. The van der Waals surface area contributed by atoms with E-state index in [1.807, 2.05) is 0 Å². The van der Waals surface area contributed by atoms with E-state index >= 15 is 0 Å². The number of epoxide rings is 1. The Morgan fingerprint density at radius 3 is 1.50 bits per heavy atom. The molecule has 3 fully saturated rings. The van der Waals surface area contributed by atoms with Crippen LogP contribution in [0.25, 0.3) is 0 Å². The van der Waals surface area contributed by atoms with Crippen molar-refractivity contribution in [2.75, 3.05) is 0 Å². The average molecular weight is 200 g/mol. The van der Waals surface area contributed by atoms with Crippen molar-refractivity contribution in [1.29, 1.82) is 0 Å². The van der Waals surface area contributed by atoms with Crippen molar-refractivity contribution in [3.8, 4) is 0 Å². The van der Waals surface area contributed by atoms with E-state index in [4.69, 9.17) is 19.7 Å². The summed E-state index contributed by atoms with van der Waals surface area (Å²) in [5, 5.41) is 17.8. The first-order chi connectivity index (χ1) is 6.61. The fourth-order valence-corrected chi connectivity index (χ4v) is 2.58. The van der Waals surface area contributed by atoms with Gasteiger partial charge in [-0.2, -0.15) is 0 Å². The predicted octanol–water partition coefficient (Wildman–Crippen LogP) is -1.06. The van der Waals surface area contributed by atoms with Crippen LogP contribution < -0.4 is 0 Å². The molecular weight excluding hydrogens is 192 g/mol. The zero-order chi connectivity index (χ0) is 10.0. The molecule has 3 heterocycles. The van der Waals surface area contributed by atoms with Gasteiger partial charge in [-0.3, -0.25) is 9.59 Å². The molecule has 0 amide bonds. The molecule has 14 heavy (non-hydrogen) atoms. The number of rotatable bonds is 2. The Morgan fingerprint density at radius 1 is 0.786 bits per heavy atom. The zero-order valence-corrected chi connectivity index (χ0v) is 6.99. The predicted molar refractivity (Wildman–Crippen MR) is 39.6 cm³/mol. The van der Waals surface area contributed by atoms with Gasteiger partial charge in [-0.25, -0.2) is 0 Å². The van der Waals surface area contributed by atoms with Gasteiger partial charge >= 0.3 is 11.9 Å².